The zero-order valence-electron chi connectivity index (χ0n) is 21.9. The zero-order chi connectivity index (χ0) is 28.9. The largest absolute Gasteiger partial charge is 0.454 e. The Labute approximate surface area is 240 Å². The van der Waals surface area contributed by atoms with Crippen molar-refractivity contribution in [3.05, 3.63) is 113 Å². The molecule has 1 aromatic heterocycles. The van der Waals surface area contributed by atoms with Crippen molar-refractivity contribution < 1.29 is 23.9 Å². The Morgan fingerprint density at radius 2 is 1.66 bits per heavy atom. The minimum atomic E-state index is -0.760. The number of rotatable bonds is 8. The maximum atomic E-state index is 13.3. The molecule has 2 amide bonds. The van der Waals surface area contributed by atoms with Crippen molar-refractivity contribution in [1.82, 2.24) is 4.98 Å². The van der Waals surface area contributed by atoms with E-state index in [0.29, 0.717) is 27.5 Å². The molecular weight excluding hydrogens is 538 g/mol. The molecule has 202 valence electrons. The fourth-order valence-corrected chi connectivity index (χ4v) is 5.36. The standard InChI is InChI=1S/C32H23N3O5S/c1-20-7-9-21(10-8-20)26-16-13-24(18-33)30(34-26)41-28-17-29(37)35(31(28)38)25-14-11-23(12-15-25)32(39)40-19-27(36)22-5-3-2-4-6-22/h2-16,28H,17,19H2,1H3. The maximum absolute atomic E-state index is 13.3. The lowest BCUT2D eigenvalue weighted by molar-refractivity contribution is -0.121. The summed E-state index contributed by atoms with van der Waals surface area (Å²) in [6.45, 7) is 1.58. The molecule has 0 N–H and O–H groups in total. The number of carbonyl (C=O) groups is 4. The van der Waals surface area contributed by atoms with E-state index in [2.05, 4.69) is 11.1 Å². The van der Waals surface area contributed by atoms with E-state index < -0.39 is 29.6 Å². The summed E-state index contributed by atoms with van der Waals surface area (Å²) in [5.41, 5.74) is 3.88. The molecule has 0 aliphatic carbocycles. The van der Waals surface area contributed by atoms with Crippen LogP contribution in [0.1, 0.15) is 38.3 Å². The number of esters is 1. The molecule has 1 saturated heterocycles. The number of ether oxygens (including phenoxy) is 1. The van der Waals surface area contributed by atoms with Crippen molar-refractivity contribution in [3.8, 4) is 17.3 Å². The number of carbonyl (C=O) groups excluding carboxylic acids is 4. The molecule has 1 atom stereocenters. The van der Waals surface area contributed by atoms with E-state index in [9.17, 15) is 24.4 Å². The van der Waals surface area contributed by atoms with Crippen molar-refractivity contribution in [1.29, 1.82) is 5.26 Å². The van der Waals surface area contributed by atoms with Crippen molar-refractivity contribution in [3.63, 3.8) is 0 Å². The number of aromatic nitrogens is 1. The quantitative estimate of drug-likeness (QED) is 0.160. The number of anilines is 1. The van der Waals surface area contributed by atoms with Gasteiger partial charge >= 0.3 is 5.97 Å². The molecular formula is C32H23N3O5S. The third-order valence-corrected chi connectivity index (χ3v) is 7.67. The second-order valence-corrected chi connectivity index (χ2v) is 10.5. The first-order valence-electron chi connectivity index (χ1n) is 12.7. The van der Waals surface area contributed by atoms with Gasteiger partial charge in [-0.2, -0.15) is 5.26 Å². The number of imide groups is 1. The lowest BCUT2D eigenvalue weighted by Gasteiger charge is -2.15. The predicted molar refractivity (Wildman–Crippen MR) is 153 cm³/mol. The van der Waals surface area contributed by atoms with Gasteiger partial charge in [0.15, 0.2) is 12.4 Å². The molecule has 1 unspecified atom stereocenters. The normalized spacial score (nSPS) is 14.5. The molecule has 3 aromatic carbocycles. The number of benzene rings is 3. The van der Waals surface area contributed by atoms with E-state index in [0.717, 1.165) is 27.8 Å². The Bertz CT molecular complexity index is 1680. The molecule has 0 bridgehead atoms. The third-order valence-electron chi connectivity index (χ3n) is 6.48. The van der Waals surface area contributed by atoms with Crippen LogP contribution in [0.5, 0.6) is 0 Å². The van der Waals surface area contributed by atoms with Crippen LogP contribution in [-0.2, 0) is 14.3 Å². The first kappa shape index (κ1) is 27.5. The second kappa shape index (κ2) is 12.0. The first-order valence-corrected chi connectivity index (χ1v) is 13.6. The lowest BCUT2D eigenvalue weighted by Crippen LogP contribution is -2.31. The van der Waals surface area contributed by atoms with Gasteiger partial charge in [0.2, 0.25) is 11.8 Å². The minimum absolute atomic E-state index is 0.0593. The van der Waals surface area contributed by atoms with Crippen LogP contribution >= 0.6 is 11.8 Å². The summed E-state index contributed by atoms with van der Waals surface area (Å²) in [6.07, 6.45) is -0.0593. The molecule has 4 aromatic rings. The van der Waals surface area contributed by atoms with Gasteiger partial charge in [0.1, 0.15) is 11.1 Å². The monoisotopic (exact) mass is 561 g/mol. The number of nitrogens with zero attached hydrogens (tertiary/aromatic N) is 3. The van der Waals surface area contributed by atoms with E-state index in [-0.39, 0.29) is 17.8 Å². The molecule has 1 aliphatic rings. The smallest absolute Gasteiger partial charge is 0.338 e. The van der Waals surface area contributed by atoms with E-state index >= 15 is 0 Å². The minimum Gasteiger partial charge on any atom is -0.454 e. The van der Waals surface area contributed by atoms with Gasteiger partial charge in [0, 0.05) is 17.5 Å². The van der Waals surface area contributed by atoms with E-state index in [1.807, 2.05) is 31.2 Å². The van der Waals surface area contributed by atoms with Gasteiger partial charge in [0.05, 0.1) is 27.8 Å². The van der Waals surface area contributed by atoms with Crippen molar-refractivity contribution in [2.24, 2.45) is 0 Å². The van der Waals surface area contributed by atoms with Crippen LogP contribution in [0.15, 0.2) is 96.0 Å². The molecule has 1 aliphatic heterocycles. The zero-order valence-corrected chi connectivity index (χ0v) is 22.8. The summed E-state index contributed by atoms with van der Waals surface area (Å²) in [5.74, 6) is -1.86. The van der Waals surface area contributed by atoms with E-state index in [1.54, 1.807) is 42.5 Å². The van der Waals surface area contributed by atoms with E-state index in [4.69, 9.17) is 4.74 Å². The Morgan fingerprint density at radius 1 is 0.951 bits per heavy atom. The van der Waals surface area contributed by atoms with Crippen LogP contribution < -0.4 is 4.90 Å². The molecule has 0 radical (unpaired) electrons. The molecule has 0 spiro atoms. The van der Waals surface area contributed by atoms with Crippen LogP contribution in [0.2, 0.25) is 0 Å². The highest BCUT2D eigenvalue weighted by Crippen LogP contribution is 2.35. The highest BCUT2D eigenvalue weighted by Gasteiger charge is 2.40. The van der Waals surface area contributed by atoms with Gasteiger partial charge in [-0.15, -0.1) is 0 Å². The number of nitriles is 1. The number of pyridine rings is 1. The number of hydrogen-bond donors (Lipinski definition) is 0. The van der Waals surface area contributed by atoms with Crippen molar-refractivity contribution in [2.45, 2.75) is 23.6 Å². The molecule has 5 rings (SSSR count). The summed E-state index contributed by atoms with van der Waals surface area (Å²) >= 11 is 1.09. The van der Waals surface area contributed by atoms with Crippen molar-refractivity contribution in [2.75, 3.05) is 11.5 Å². The molecule has 9 heteroatoms. The van der Waals surface area contributed by atoms with Crippen LogP contribution in [-0.4, -0.2) is 40.4 Å². The van der Waals surface area contributed by atoms with Crippen LogP contribution in [0.25, 0.3) is 11.3 Å². The first-order chi connectivity index (χ1) is 19.8. The Kier molecular flexibility index (Phi) is 8.04. The maximum Gasteiger partial charge on any atom is 0.338 e. The highest BCUT2D eigenvalue weighted by molar-refractivity contribution is 8.00. The summed E-state index contributed by atoms with van der Waals surface area (Å²) in [7, 11) is 0. The molecule has 1 fully saturated rings. The summed E-state index contributed by atoms with van der Waals surface area (Å²) in [5, 5.41) is 9.23. The number of hydrogen-bond acceptors (Lipinski definition) is 8. The van der Waals surface area contributed by atoms with Gasteiger partial charge in [-0.25, -0.2) is 14.7 Å². The number of aryl methyl sites for hydroxylation is 1. The van der Waals surface area contributed by atoms with Gasteiger partial charge in [0.25, 0.3) is 0 Å². The Hall–Kier alpha value is -5.07. The summed E-state index contributed by atoms with van der Waals surface area (Å²) < 4.78 is 5.13. The highest BCUT2D eigenvalue weighted by atomic mass is 32.2. The topological polar surface area (TPSA) is 117 Å². The van der Waals surface area contributed by atoms with E-state index in [1.165, 1.54) is 24.3 Å². The van der Waals surface area contributed by atoms with Crippen LogP contribution in [0.4, 0.5) is 5.69 Å². The second-order valence-electron chi connectivity index (χ2n) is 9.32. The average molecular weight is 562 g/mol. The third kappa shape index (κ3) is 6.08. The Morgan fingerprint density at radius 3 is 2.34 bits per heavy atom. The molecule has 2 heterocycles. The number of Topliss-reactive ketones (excluding diaryl/α,β-unsaturated/α-hetero) is 1. The van der Waals surface area contributed by atoms with Crippen LogP contribution in [0.3, 0.4) is 0 Å². The fourth-order valence-electron chi connectivity index (χ4n) is 4.27. The fraction of sp³-hybridized carbons (Fsp3) is 0.125. The molecule has 41 heavy (non-hydrogen) atoms. The van der Waals surface area contributed by atoms with Gasteiger partial charge in [-0.05, 0) is 43.3 Å². The van der Waals surface area contributed by atoms with Gasteiger partial charge in [-0.3, -0.25) is 14.4 Å². The molecule has 0 saturated carbocycles. The summed E-state index contributed by atoms with van der Waals surface area (Å²) in [6, 6.07) is 27.7. The molecule has 8 nitrogen and oxygen atoms in total. The van der Waals surface area contributed by atoms with Gasteiger partial charge in [-0.1, -0.05) is 71.9 Å². The lowest BCUT2D eigenvalue weighted by atomic mass is 10.1. The predicted octanol–water partition coefficient (Wildman–Crippen LogP) is 5.39. The number of thioether (sulfide) groups is 1. The Balaban J connectivity index is 1.27. The van der Waals surface area contributed by atoms with Crippen LogP contribution in [0, 0.1) is 18.3 Å². The average Bonchev–Trinajstić information content (AvgIpc) is 3.28. The van der Waals surface area contributed by atoms with Crippen molar-refractivity contribution >= 4 is 41.0 Å². The number of ketones is 1. The van der Waals surface area contributed by atoms with Gasteiger partial charge < -0.3 is 4.74 Å². The summed E-state index contributed by atoms with van der Waals surface area (Å²) in [4.78, 5) is 56.5. The number of amides is 2. The SMILES string of the molecule is Cc1ccc(-c2ccc(C#N)c(SC3CC(=O)N(c4ccc(C(=O)OCC(=O)c5ccccc5)cc4)C3=O)n2)cc1.